The minimum Gasteiger partial charge on any atom is -0.294 e. The van der Waals surface area contributed by atoms with Gasteiger partial charge in [-0.1, -0.05) is 44.0 Å². The Labute approximate surface area is 101 Å². The fraction of sp³-hybridized carbons (Fsp3) is 0.364. The number of hydrogen-bond acceptors (Lipinski definition) is 1. The summed E-state index contributed by atoms with van der Waals surface area (Å²) in [5.74, 6) is 0.200. The molecule has 1 aromatic carbocycles. The second-order valence-corrected chi connectivity index (χ2v) is 4.49. The quantitative estimate of drug-likeness (QED) is 0.608. The standard InChI is InChI=1S/C11H12Br2O/c1-8-6-9(11(14)4-5-12)2-3-10(8)7-13/h2-3,6H,4-5,7H2,1H3. The molecule has 0 amide bonds. The number of carbonyl (C=O) groups excluding carboxylic acids is 1. The van der Waals surface area contributed by atoms with Crippen molar-refractivity contribution in [2.75, 3.05) is 5.33 Å². The molecule has 0 atom stereocenters. The third-order valence-electron chi connectivity index (χ3n) is 2.13. The lowest BCUT2D eigenvalue weighted by atomic mass is 10.0. The van der Waals surface area contributed by atoms with Gasteiger partial charge in [-0.2, -0.15) is 0 Å². The van der Waals surface area contributed by atoms with E-state index in [0.29, 0.717) is 6.42 Å². The largest absolute Gasteiger partial charge is 0.294 e. The molecule has 0 spiro atoms. The van der Waals surface area contributed by atoms with E-state index in [9.17, 15) is 4.79 Å². The van der Waals surface area contributed by atoms with E-state index in [1.54, 1.807) is 0 Å². The van der Waals surface area contributed by atoms with E-state index in [1.807, 2.05) is 25.1 Å². The Balaban J connectivity index is 2.91. The lowest BCUT2D eigenvalue weighted by Crippen LogP contribution is -2.00. The summed E-state index contributed by atoms with van der Waals surface area (Å²) >= 11 is 6.67. The second kappa shape index (κ2) is 5.66. The third kappa shape index (κ3) is 2.92. The van der Waals surface area contributed by atoms with Crippen LogP contribution in [-0.2, 0) is 5.33 Å². The van der Waals surface area contributed by atoms with Gasteiger partial charge in [0, 0.05) is 22.6 Å². The first-order valence-electron chi connectivity index (χ1n) is 4.43. The van der Waals surface area contributed by atoms with Crippen molar-refractivity contribution in [3.63, 3.8) is 0 Å². The number of rotatable bonds is 4. The zero-order valence-corrected chi connectivity index (χ0v) is 11.2. The minimum absolute atomic E-state index is 0.200. The van der Waals surface area contributed by atoms with Gasteiger partial charge in [0.2, 0.25) is 0 Å². The fourth-order valence-electron chi connectivity index (χ4n) is 1.25. The Hall–Kier alpha value is -0.150. The molecule has 0 unspecified atom stereocenters. The molecule has 0 aliphatic heterocycles. The molecule has 0 saturated heterocycles. The predicted octanol–water partition coefficient (Wildman–Crippen LogP) is 3.86. The number of alkyl halides is 2. The van der Waals surface area contributed by atoms with Crippen LogP contribution in [0, 0.1) is 6.92 Å². The highest BCUT2D eigenvalue weighted by atomic mass is 79.9. The van der Waals surface area contributed by atoms with Gasteiger partial charge < -0.3 is 0 Å². The summed E-state index contributed by atoms with van der Waals surface area (Å²) in [5, 5.41) is 1.57. The highest BCUT2D eigenvalue weighted by Crippen LogP contribution is 2.15. The molecule has 0 fully saturated rings. The molecule has 1 rings (SSSR count). The molecule has 0 radical (unpaired) electrons. The van der Waals surface area contributed by atoms with Crippen molar-refractivity contribution in [1.82, 2.24) is 0 Å². The number of ketones is 1. The molecule has 1 aromatic rings. The summed E-state index contributed by atoms with van der Waals surface area (Å²) in [7, 11) is 0. The average molecular weight is 320 g/mol. The van der Waals surface area contributed by atoms with E-state index in [4.69, 9.17) is 0 Å². The molecule has 76 valence electrons. The minimum atomic E-state index is 0.200. The maximum atomic E-state index is 11.6. The molecular formula is C11H12Br2O. The Kier molecular flexibility index (Phi) is 4.82. The maximum Gasteiger partial charge on any atom is 0.163 e. The van der Waals surface area contributed by atoms with Crippen molar-refractivity contribution in [3.05, 3.63) is 34.9 Å². The van der Waals surface area contributed by atoms with Crippen molar-refractivity contribution in [3.8, 4) is 0 Å². The fourth-order valence-corrected chi connectivity index (χ4v) is 2.24. The smallest absolute Gasteiger partial charge is 0.163 e. The molecule has 0 aliphatic rings. The number of Topliss-reactive ketones (excluding diaryl/α,β-unsaturated/α-hetero) is 1. The Morgan fingerprint density at radius 3 is 2.57 bits per heavy atom. The van der Waals surface area contributed by atoms with Crippen LogP contribution < -0.4 is 0 Å². The summed E-state index contributed by atoms with van der Waals surface area (Å²) in [6, 6.07) is 5.86. The van der Waals surface area contributed by atoms with Gasteiger partial charge in [-0.3, -0.25) is 4.79 Å². The number of carbonyl (C=O) groups is 1. The van der Waals surface area contributed by atoms with E-state index >= 15 is 0 Å². The molecule has 0 N–H and O–H groups in total. The van der Waals surface area contributed by atoms with Crippen molar-refractivity contribution in [2.24, 2.45) is 0 Å². The SMILES string of the molecule is Cc1cc(C(=O)CCBr)ccc1CBr. The van der Waals surface area contributed by atoms with Crippen molar-refractivity contribution in [1.29, 1.82) is 0 Å². The summed E-state index contributed by atoms with van der Waals surface area (Å²) in [6.07, 6.45) is 0.563. The number of aryl methyl sites for hydroxylation is 1. The van der Waals surface area contributed by atoms with Gasteiger partial charge in [0.25, 0.3) is 0 Å². The van der Waals surface area contributed by atoms with Crippen molar-refractivity contribution in [2.45, 2.75) is 18.7 Å². The zero-order valence-electron chi connectivity index (χ0n) is 8.02. The van der Waals surface area contributed by atoms with E-state index in [-0.39, 0.29) is 5.78 Å². The number of benzene rings is 1. The van der Waals surface area contributed by atoms with Gasteiger partial charge in [0.05, 0.1) is 0 Å². The van der Waals surface area contributed by atoms with Crippen LogP contribution in [0.2, 0.25) is 0 Å². The zero-order chi connectivity index (χ0) is 10.6. The monoisotopic (exact) mass is 318 g/mol. The van der Waals surface area contributed by atoms with Crippen molar-refractivity contribution < 1.29 is 4.79 Å². The second-order valence-electron chi connectivity index (χ2n) is 3.14. The molecule has 14 heavy (non-hydrogen) atoms. The third-order valence-corrected chi connectivity index (χ3v) is 3.13. The van der Waals surface area contributed by atoms with Crippen LogP contribution in [0.15, 0.2) is 18.2 Å². The van der Waals surface area contributed by atoms with E-state index < -0.39 is 0 Å². The average Bonchev–Trinajstić information content (AvgIpc) is 2.18. The van der Waals surface area contributed by atoms with Gasteiger partial charge in [-0.05, 0) is 24.1 Å². The molecule has 3 heteroatoms. The molecule has 1 nitrogen and oxygen atoms in total. The highest BCUT2D eigenvalue weighted by Gasteiger charge is 2.06. The highest BCUT2D eigenvalue weighted by molar-refractivity contribution is 9.09. The molecular weight excluding hydrogens is 308 g/mol. The van der Waals surface area contributed by atoms with Crippen LogP contribution >= 0.6 is 31.9 Å². The molecule has 0 aromatic heterocycles. The van der Waals surface area contributed by atoms with Crippen LogP contribution in [0.25, 0.3) is 0 Å². The molecule has 0 aliphatic carbocycles. The molecule has 0 bridgehead atoms. The van der Waals surface area contributed by atoms with Crippen LogP contribution in [0.4, 0.5) is 0 Å². The summed E-state index contributed by atoms with van der Waals surface area (Å²) in [5.41, 5.74) is 3.22. The van der Waals surface area contributed by atoms with E-state index in [2.05, 4.69) is 31.9 Å². The van der Waals surface area contributed by atoms with Gasteiger partial charge in [-0.25, -0.2) is 0 Å². The summed E-state index contributed by atoms with van der Waals surface area (Å²) in [4.78, 5) is 11.6. The van der Waals surface area contributed by atoms with Crippen LogP contribution in [-0.4, -0.2) is 11.1 Å². The Morgan fingerprint density at radius 2 is 2.07 bits per heavy atom. The van der Waals surface area contributed by atoms with Crippen LogP contribution in [0.3, 0.4) is 0 Å². The number of hydrogen-bond donors (Lipinski definition) is 0. The van der Waals surface area contributed by atoms with Crippen LogP contribution in [0.1, 0.15) is 27.9 Å². The summed E-state index contributed by atoms with van der Waals surface area (Å²) < 4.78 is 0. The van der Waals surface area contributed by atoms with Crippen molar-refractivity contribution >= 4 is 37.6 Å². The Bertz CT molecular complexity index is 334. The van der Waals surface area contributed by atoms with Gasteiger partial charge in [0.15, 0.2) is 5.78 Å². The predicted molar refractivity (Wildman–Crippen MR) is 66.6 cm³/mol. The molecule has 0 saturated carbocycles. The lowest BCUT2D eigenvalue weighted by molar-refractivity contribution is 0.0990. The summed E-state index contributed by atoms with van der Waals surface area (Å²) in [6.45, 7) is 2.03. The van der Waals surface area contributed by atoms with Gasteiger partial charge in [-0.15, -0.1) is 0 Å². The Morgan fingerprint density at radius 1 is 1.36 bits per heavy atom. The first-order chi connectivity index (χ1) is 6.69. The van der Waals surface area contributed by atoms with E-state index in [1.165, 1.54) is 11.1 Å². The topological polar surface area (TPSA) is 17.1 Å². The normalized spacial score (nSPS) is 10.2. The van der Waals surface area contributed by atoms with Gasteiger partial charge in [0.1, 0.15) is 0 Å². The number of halogens is 2. The van der Waals surface area contributed by atoms with Crippen LogP contribution in [0.5, 0.6) is 0 Å². The lowest BCUT2D eigenvalue weighted by Gasteiger charge is -2.04. The van der Waals surface area contributed by atoms with E-state index in [0.717, 1.165) is 16.2 Å². The first kappa shape index (κ1) is 11.9. The van der Waals surface area contributed by atoms with Gasteiger partial charge >= 0.3 is 0 Å². The first-order valence-corrected chi connectivity index (χ1v) is 6.68. The molecule has 0 heterocycles. The maximum absolute atomic E-state index is 11.6.